The summed E-state index contributed by atoms with van der Waals surface area (Å²) in [5.74, 6) is 0.733. The van der Waals surface area contributed by atoms with Crippen molar-refractivity contribution < 1.29 is 22.7 Å². The molecule has 2 aromatic rings. The molecule has 2 aliphatic rings. The van der Waals surface area contributed by atoms with E-state index in [1.165, 1.54) is 47.5 Å². The average Bonchev–Trinajstić information content (AvgIpc) is 2.87. The summed E-state index contributed by atoms with van der Waals surface area (Å²) in [4.78, 5) is 13.3. The monoisotopic (exact) mass is 486 g/mol. The van der Waals surface area contributed by atoms with Crippen LogP contribution >= 0.6 is 0 Å². The number of hydrogen-bond acceptors (Lipinski definition) is 5. The smallest absolute Gasteiger partial charge is 0.265 e. The second-order valence-electron chi connectivity index (χ2n) is 8.97. The van der Waals surface area contributed by atoms with Crippen LogP contribution in [0.15, 0.2) is 41.3 Å². The third kappa shape index (κ3) is 5.39. The first kappa shape index (κ1) is 24.5. The summed E-state index contributed by atoms with van der Waals surface area (Å²) in [5, 5.41) is 2.84. The Labute approximate surface area is 202 Å². The summed E-state index contributed by atoms with van der Waals surface area (Å²) in [7, 11) is -2.14. The first-order valence-electron chi connectivity index (χ1n) is 12.2. The zero-order valence-corrected chi connectivity index (χ0v) is 20.8. The molecule has 7 nitrogen and oxygen atoms in total. The number of aryl methyl sites for hydroxylation is 2. The molecule has 1 aliphatic carbocycles. The van der Waals surface area contributed by atoms with Gasteiger partial charge in [0.2, 0.25) is 10.0 Å². The Kier molecular flexibility index (Phi) is 7.78. The maximum atomic E-state index is 13.1. The Morgan fingerprint density at radius 2 is 1.74 bits per heavy atom. The number of ether oxygens (including phenoxy) is 2. The van der Waals surface area contributed by atoms with Crippen LogP contribution in [0.25, 0.3) is 0 Å². The third-order valence-electron chi connectivity index (χ3n) is 6.64. The molecule has 8 heteroatoms. The highest BCUT2D eigenvalue weighted by Crippen LogP contribution is 2.31. The van der Waals surface area contributed by atoms with E-state index in [-0.39, 0.29) is 10.8 Å². The summed E-state index contributed by atoms with van der Waals surface area (Å²) in [6.45, 7) is 2.92. The van der Waals surface area contributed by atoms with Gasteiger partial charge in [0.05, 0.1) is 17.7 Å². The zero-order valence-electron chi connectivity index (χ0n) is 20.0. The number of piperidine rings is 1. The van der Waals surface area contributed by atoms with E-state index in [1.54, 1.807) is 6.07 Å². The molecule has 1 saturated heterocycles. The molecule has 0 aromatic heterocycles. The number of nitrogens with one attached hydrogen (secondary N) is 1. The van der Waals surface area contributed by atoms with E-state index < -0.39 is 16.1 Å². The number of benzene rings is 2. The van der Waals surface area contributed by atoms with Crippen molar-refractivity contribution in [3.8, 4) is 11.5 Å². The van der Waals surface area contributed by atoms with Crippen LogP contribution in [0.2, 0.25) is 0 Å². The predicted octanol–water partition coefficient (Wildman–Crippen LogP) is 4.54. The minimum Gasteiger partial charge on any atom is -0.495 e. The second-order valence-corrected chi connectivity index (χ2v) is 10.9. The van der Waals surface area contributed by atoms with Gasteiger partial charge >= 0.3 is 0 Å². The number of amides is 1. The molecule has 1 amide bonds. The maximum absolute atomic E-state index is 13.1. The van der Waals surface area contributed by atoms with Crippen molar-refractivity contribution in [3.63, 3.8) is 0 Å². The van der Waals surface area contributed by atoms with Crippen molar-refractivity contribution in [1.82, 2.24) is 4.31 Å². The van der Waals surface area contributed by atoms with Crippen LogP contribution < -0.4 is 14.8 Å². The number of sulfonamides is 1. The fraction of sp³-hybridized carbons (Fsp3) is 0.500. The van der Waals surface area contributed by atoms with E-state index in [4.69, 9.17) is 9.47 Å². The van der Waals surface area contributed by atoms with Crippen molar-refractivity contribution in [2.45, 2.75) is 69.3 Å². The van der Waals surface area contributed by atoms with Crippen LogP contribution in [-0.2, 0) is 27.7 Å². The summed E-state index contributed by atoms with van der Waals surface area (Å²) in [6.07, 6.45) is 7.01. The first-order chi connectivity index (χ1) is 16.4. The normalized spacial score (nSPS) is 17.5. The topological polar surface area (TPSA) is 84.9 Å². The number of methoxy groups -OCH3 is 1. The molecule has 0 unspecified atom stereocenters. The Bertz CT molecular complexity index is 1130. The quantitative estimate of drug-likeness (QED) is 0.592. The van der Waals surface area contributed by atoms with Gasteiger partial charge in [-0.05, 0) is 86.4 Å². The summed E-state index contributed by atoms with van der Waals surface area (Å²) < 4.78 is 39.2. The molecule has 1 aliphatic heterocycles. The van der Waals surface area contributed by atoms with Crippen molar-refractivity contribution in [2.24, 2.45) is 0 Å². The number of hydrogen-bond donors (Lipinski definition) is 1. The van der Waals surface area contributed by atoms with Gasteiger partial charge in [0.1, 0.15) is 11.5 Å². The van der Waals surface area contributed by atoms with Crippen LogP contribution in [0, 0.1) is 0 Å². The fourth-order valence-electron chi connectivity index (χ4n) is 4.68. The Morgan fingerprint density at radius 3 is 2.44 bits per heavy atom. The van der Waals surface area contributed by atoms with Gasteiger partial charge in [-0.25, -0.2) is 8.42 Å². The maximum Gasteiger partial charge on any atom is 0.265 e. The van der Waals surface area contributed by atoms with Gasteiger partial charge in [-0.1, -0.05) is 19.4 Å². The number of carbonyl (C=O) groups excluding carboxylic acids is 1. The summed E-state index contributed by atoms with van der Waals surface area (Å²) in [6, 6.07) is 10.6. The SMILES string of the molecule is CC[C@H](Oc1ccc2c(c1)CCCC2)C(=O)Nc1cc(S(=O)(=O)N2CCCCC2)ccc1OC. The lowest BCUT2D eigenvalue weighted by molar-refractivity contribution is -0.122. The van der Waals surface area contributed by atoms with Gasteiger partial charge in [-0.2, -0.15) is 4.31 Å². The van der Waals surface area contributed by atoms with Gasteiger partial charge in [0.15, 0.2) is 6.10 Å². The third-order valence-corrected chi connectivity index (χ3v) is 8.54. The molecular formula is C26H34N2O5S. The number of fused-ring (bicyclic) bond motifs is 1. The minimum absolute atomic E-state index is 0.147. The van der Waals surface area contributed by atoms with Crippen molar-refractivity contribution in [3.05, 3.63) is 47.5 Å². The van der Waals surface area contributed by atoms with E-state index in [1.807, 2.05) is 19.1 Å². The van der Waals surface area contributed by atoms with Crippen molar-refractivity contribution >= 4 is 21.6 Å². The van der Waals surface area contributed by atoms with E-state index >= 15 is 0 Å². The lowest BCUT2D eigenvalue weighted by atomic mass is 9.92. The van der Waals surface area contributed by atoms with E-state index in [2.05, 4.69) is 11.4 Å². The molecule has 0 saturated carbocycles. The van der Waals surface area contributed by atoms with E-state index in [0.29, 0.717) is 36.7 Å². The molecule has 0 bridgehead atoms. The lowest BCUT2D eigenvalue weighted by Gasteiger charge is -2.26. The van der Waals surface area contributed by atoms with Crippen molar-refractivity contribution in [1.29, 1.82) is 0 Å². The van der Waals surface area contributed by atoms with Crippen LogP contribution in [0.5, 0.6) is 11.5 Å². The van der Waals surface area contributed by atoms with E-state index in [0.717, 1.165) is 32.1 Å². The molecule has 34 heavy (non-hydrogen) atoms. The number of nitrogens with zero attached hydrogens (tertiary/aromatic N) is 1. The van der Waals surface area contributed by atoms with Gasteiger partial charge in [-0.3, -0.25) is 4.79 Å². The number of anilines is 1. The Morgan fingerprint density at radius 1 is 1.00 bits per heavy atom. The van der Waals surface area contributed by atoms with Crippen LogP contribution in [0.4, 0.5) is 5.69 Å². The standard InChI is InChI=1S/C26H34N2O5S/c1-3-24(33-21-12-11-19-9-5-6-10-20(19)17-21)26(29)27-23-18-22(13-14-25(23)32-2)34(30,31)28-15-7-4-8-16-28/h11-14,17-18,24H,3-10,15-16H2,1-2H3,(H,27,29)/t24-/m0/s1. The summed E-state index contributed by atoms with van der Waals surface area (Å²) >= 11 is 0. The molecule has 1 fully saturated rings. The second kappa shape index (κ2) is 10.8. The predicted molar refractivity (Wildman–Crippen MR) is 132 cm³/mol. The van der Waals surface area contributed by atoms with Crippen molar-refractivity contribution in [2.75, 3.05) is 25.5 Å². The highest BCUT2D eigenvalue weighted by atomic mass is 32.2. The van der Waals surface area contributed by atoms with Crippen LogP contribution in [-0.4, -0.2) is 44.9 Å². The van der Waals surface area contributed by atoms with Gasteiger partial charge in [0, 0.05) is 13.1 Å². The highest BCUT2D eigenvalue weighted by Gasteiger charge is 2.28. The Balaban J connectivity index is 1.52. The average molecular weight is 487 g/mol. The van der Waals surface area contributed by atoms with Gasteiger partial charge in [0.25, 0.3) is 5.91 Å². The molecule has 1 N–H and O–H groups in total. The van der Waals surface area contributed by atoms with E-state index in [9.17, 15) is 13.2 Å². The molecule has 184 valence electrons. The van der Waals surface area contributed by atoms with Crippen LogP contribution in [0.3, 0.4) is 0 Å². The number of carbonyl (C=O) groups is 1. The summed E-state index contributed by atoms with van der Waals surface area (Å²) in [5.41, 5.74) is 2.96. The molecule has 4 rings (SSSR count). The molecule has 0 spiro atoms. The molecule has 0 radical (unpaired) electrons. The van der Waals surface area contributed by atoms with Gasteiger partial charge in [-0.15, -0.1) is 0 Å². The van der Waals surface area contributed by atoms with Gasteiger partial charge < -0.3 is 14.8 Å². The fourth-order valence-corrected chi connectivity index (χ4v) is 6.23. The highest BCUT2D eigenvalue weighted by molar-refractivity contribution is 7.89. The zero-order chi connectivity index (χ0) is 24.1. The largest absolute Gasteiger partial charge is 0.495 e. The molecule has 1 heterocycles. The Hall–Kier alpha value is -2.58. The minimum atomic E-state index is -3.63. The molecular weight excluding hydrogens is 452 g/mol. The molecule has 2 aromatic carbocycles. The first-order valence-corrected chi connectivity index (χ1v) is 13.6. The van der Waals surface area contributed by atoms with Crippen LogP contribution in [0.1, 0.15) is 56.6 Å². The molecule has 1 atom stereocenters. The number of rotatable bonds is 8. The lowest BCUT2D eigenvalue weighted by Crippen LogP contribution is -2.35.